The molecule has 0 amide bonds. The first-order valence-corrected chi connectivity index (χ1v) is 5.69. The van der Waals surface area contributed by atoms with Crippen molar-refractivity contribution in [2.45, 2.75) is 39.4 Å². The summed E-state index contributed by atoms with van der Waals surface area (Å²) in [6.07, 6.45) is 0.764. The van der Waals surface area contributed by atoms with Gasteiger partial charge in [-0.2, -0.15) is 0 Å². The number of aliphatic hydroxyl groups excluding tert-OH is 1. The molecule has 3 heteroatoms. The van der Waals surface area contributed by atoms with Crippen LogP contribution in [0.4, 0.5) is 0 Å². The van der Waals surface area contributed by atoms with E-state index in [0.717, 1.165) is 17.9 Å². The Labute approximate surface area is 97.0 Å². The molecule has 0 saturated heterocycles. The third-order valence-electron chi connectivity index (χ3n) is 2.23. The van der Waals surface area contributed by atoms with Crippen LogP contribution in [-0.2, 0) is 0 Å². The molecule has 0 spiro atoms. The average Bonchev–Trinajstić information content (AvgIpc) is 2.28. The summed E-state index contributed by atoms with van der Waals surface area (Å²) >= 11 is 0. The number of ether oxygens (including phenoxy) is 2. The first-order chi connectivity index (χ1) is 7.61. The zero-order chi connectivity index (χ0) is 12.0. The molecule has 0 aliphatic rings. The van der Waals surface area contributed by atoms with E-state index in [0.29, 0.717) is 6.61 Å². The summed E-state index contributed by atoms with van der Waals surface area (Å²) in [6.45, 7) is 6.13. The van der Waals surface area contributed by atoms with Gasteiger partial charge in [0.15, 0.2) is 0 Å². The van der Waals surface area contributed by atoms with Gasteiger partial charge in [0.25, 0.3) is 0 Å². The van der Waals surface area contributed by atoms with E-state index in [2.05, 4.69) is 6.92 Å². The fourth-order valence-corrected chi connectivity index (χ4v) is 1.15. The maximum atomic E-state index is 9.07. The monoisotopic (exact) mass is 224 g/mol. The summed E-state index contributed by atoms with van der Waals surface area (Å²) in [5, 5.41) is 9.07. The topological polar surface area (TPSA) is 38.7 Å². The Hall–Kier alpha value is -1.22. The molecule has 0 saturated carbocycles. The lowest BCUT2D eigenvalue weighted by molar-refractivity contribution is 0.122. The third kappa shape index (κ3) is 4.53. The van der Waals surface area contributed by atoms with Gasteiger partial charge in [-0.1, -0.05) is 6.92 Å². The van der Waals surface area contributed by atoms with Crippen molar-refractivity contribution in [1.29, 1.82) is 0 Å². The number of benzene rings is 1. The SMILES string of the molecule is CCC(C)Oc1ccc(OCC(C)O)cc1. The molecule has 0 radical (unpaired) electrons. The maximum Gasteiger partial charge on any atom is 0.119 e. The van der Waals surface area contributed by atoms with Crippen LogP contribution in [0.25, 0.3) is 0 Å². The van der Waals surface area contributed by atoms with Crippen LogP contribution < -0.4 is 9.47 Å². The van der Waals surface area contributed by atoms with Crippen molar-refractivity contribution in [3.05, 3.63) is 24.3 Å². The van der Waals surface area contributed by atoms with E-state index in [9.17, 15) is 0 Å². The molecule has 0 heterocycles. The molecule has 1 rings (SSSR count). The molecule has 0 aliphatic carbocycles. The van der Waals surface area contributed by atoms with Gasteiger partial charge in [0.05, 0.1) is 12.2 Å². The van der Waals surface area contributed by atoms with Gasteiger partial charge < -0.3 is 14.6 Å². The van der Waals surface area contributed by atoms with Gasteiger partial charge in [-0.05, 0) is 44.5 Å². The number of rotatable bonds is 6. The van der Waals surface area contributed by atoms with Gasteiger partial charge in [0, 0.05) is 0 Å². The van der Waals surface area contributed by atoms with Crippen molar-refractivity contribution in [1.82, 2.24) is 0 Å². The Morgan fingerprint density at radius 1 is 1.12 bits per heavy atom. The number of aliphatic hydroxyl groups is 1. The zero-order valence-corrected chi connectivity index (χ0v) is 10.1. The quantitative estimate of drug-likeness (QED) is 0.807. The van der Waals surface area contributed by atoms with E-state index >= 15 is 0 Å². The van der Waals surface area contributed by atoms with E-state index < -0.39 is 6.10 Å². The first-order valence-electron chi connectivity index (χ1n) is 5.69. The molecule has 90 valence electrons. The van der Waals surface area contributed by atoms with Crippen LogP contribution in [-0.4, -0.2) is 23.9 Å². The van der Waals surface area contributed by atoms with Crippen molar-refractivity contribution < 1.29 is 14.6 Å². The average molecular weight is 224 g/mol. The number of hydrogen-bond acceptors (Lipinski definition) is 3. The highest BCUT2D eigenvalue weighted by atomic mass is 16.5. The van der Waals surface area contributed by atoms with Crippen LogP contribution in [0.2, 0.25) is 0 Å². The molecule has 2 atom stereocenters. The summed E-state index contributed by atoms with van der Waals surface area (Å²) in [6, 6.07) is 7.45. The van der Waals surface area contributed by atoms with Gasteiger partial charge >= 0.3 is 0 Å². The van der Waals surface area contributed by atoms with E-state index in [1.54, 1.807) is 6.92 Å². The van der Waals surface area contributed by atoms with Crippen LogP contribution in [0, 0.1) is 0 Å². The summed E-state index contributed by atoms with van der Waals surface area (Å²) < 4.78 is 11.0. The lowest BCUT2D eigenvalue weighted by Gasteiger charge is -2.13. The Kier molecular flexibility index (Phi) is 5.12. The van der Waals surface area contributed by atoms with Gasteiger partial charge in [-0.25, -0.2) is 0 Å². The molecule has 1 aromatic carbocycles. The minimum absolute atomic E-state index is 0.226. The van der Waals surface area contributed by atoms with Gasteiger partial charge in [0.1, 0.15) is 18.1 Å². The summed E-state index contributed by atoms with van der Waals surface area (Å²) in [4.78, 5) is 0. The summed E-state index contributed by atoms with van der Waals surface area (Å²) in [7, 11) is 0. The molecule has 0 bridgehead atoms. The predicted octanol–water partition coefficient (Wildman–Crippen LogP) is 2.62. The van der Waals surface area contributed by atoms with Gasteiger partial charge in [-0.15, -0.1) is 0 Å². The largest absolute Gasteiger partial charge is 0.491 e. The molecule has 2 unspecified atom stereocenters. The predicted molar refractivity (Wildman–Crippen MR) is 64.0 cm³/mol. The van der Waals surface area contributed by atoms with Crippen LogP contribution in [0.1, 0.15) is 27.2 Å². The van der Waals surface area contributed by atoms with Crippen molar-refractivity contribution in [2.75, 3.05) is 6.61 Å². The first kappa shape index (κ1) is 12.8. The normalized spacial score (nSPS) is 14.2. The van der Waals surface area contributed by atoms with Crippen LogP contribution in [0.5, 0.6) is 11.5 Å². The van der Waals surface area contributed by atoms with E-state index in [4.69, 9.17) is 14.6 Å². The van der Waals surface area contributed by atoms with E-state index in [1.807, 2.05) is 31.2 Å². The highest BCUT2D eigenvalue weighted by Crippen LogP contribution is 2.19. The standard InChI is InChI=1S/C13H20O3/c1-4-11(3)16-13-7-5-12(6-8-13)15-9-10(2)14/h5-8,10-11,14H,4,9H2,1-3H3. The molecule has 0 fully saturated rings. The molecule has 1 N–H and O–H groups in total. The third-order valence-corrected chi connectivity index (χ3v) is 2.23. The van der Waals surface area contributed by atoms with Crippen LogP contribution in [0.15, 0.2) is 24.3 Å². The minimum atomic E-state index is -0.448. The lowest BCUT2D eigenvalue weighted by atomic mass is 10.3. The highest BCUT2D eigenvalue weighted by molar-refractivity contribution is 5.31. The van der Waals surface area contributed by atoms with Crippen LogP contribution in [0.3, 0.4) is 0 Å². The zero-order valence-electron chi connectivity index (χ0n) is 10.1. The van der Waals surface area contributed by atoms with E-state index in [1.165, 1.54) is 0 Å². The molecule has 0 aromatic heterocycles. The Balaban J connectivity index is 2.47. The van der Waals surface area contributed by atoms with Gasteiger partial charge in [-0.3, -0.25) is 0 Å². The highest BCUT2D eigenvalue weighted by Gasteiger charge is 2.02. The Morgan fingerprint density at radius 3 is 2.19 bits per heavy atom. The Morgan fingerprint density at radius 2 is 1.69 bits per heavy atom. The van der Waals surface area contributed by atoms with E-state index in [-0.39, 0.29) is 6.10 Å². The summed E-state index contributed by atoms with van der Waals surface area (Å²) in [5.41, 5.74) is 0. The second-order valence-corrected chi connectivity index (χ2v) is 3.97. The number of hydrogen-bond donors (Lipinski definition) is 1. The lowest BCUT2D eigenvalue weighted by Crippen LogP contribution is -2.12. The van der Waals surface area contributed by atoms with Crippen molar-refractivity contribution >= 4 is 0 Å². The van der Waals surface area contributed by atoms with Crippen molar-refractivity contribution in [3.8, 4) is 11.5 Å². The molecule has 1 aromatic rings. The fourth-order valence-electron chi connectivity index (χ4n) is 1.15. The molecular weight excluding hydrogens is 204 g/mol. The molecule has 16 heavy (non-hydrogen) atoms. The second-order valence-electron chi connectivity index (χ2n) is 3.97. The molecule has 0 aliphatic heterocycles. The van der Waals surface area contributed by atoms with Crippen LogP contribution >= 0.6 is 0 Å². The van der Waals surface area contributed by atoms with Crippen molar-refractivity contribution in [2.24, 2.45) is 0 Å². The maximum absolute atomic E-state index is 9.07. The summed E-state index contributed by atoms with van der Waals surface area (Å²) in [5.74, 6) is 1.59. The smallest absolute Gasteiger partial charge is 0.119 e. The second kappa shape index (κ2) is 6.38. The van der Waals surface area contributed by atoms with Gasteiger partial charge in [0.2, 0.25) is 0 Å². The van der Waals surface area contributed by atoms with Crippen molar-refractivity contribution in [3.63, 3.8) is 0 Å². The fraction of sp³-hybridized carbons (Fsp3) is 0.538. The minimum Gasteiger partial charge on any atom is -0.491 e. The molecular formula is C13H20O3. The molecule has 3 nitrogen and oxygen atoms in total. The Bertz CT molecular complexity index is 293.